The number of aromatic nitrogens is 1. The average molecular weight is 396 g/mol. The molecule has 0 saturated heterocycles. The number of rotatable bonds is 4. The number of hydrogen-bond donors (Lipinski definition) is 1. The number of anilines is 1. The number of amides is 3. The van der Waals surface area contributed by atoms with Crippen LogP contribution >= 0.6 is 35.0 Å². The van der Waals surface area contributed by atoms with Crippen molar-refractivity contribution in [3.05, 3.63) is 51.6 Å². The lowest BCUT2D eigenvalue weighted by atomic mass is 10.1. The normalized spacial score (nSPS) is 13.2. The molecule has 9 heteroatoms. The van der Waals surface area contributed by atoms with Gasteiger partial charge < -0.3 is 5.32 Å². The minimum atomic E-state index is -0.579. The molecule has 0 radical (unpaired) electrons. The fraction of sp³-hybridized carbons (Fsp3) is 0.125. The topological polar surface area (TPSA) is 79.4 Å². The van der Waals surface area contributed by atoms with Crippen LogP contribution in [0.25, 0.3) is 0 Å². The van der Waals surface area contributed by atoms with Crippen LogP contribution in [0.2, 0.25) is 10.0 Å². The summed E-state index contributed by atoms with van der Waals surface area (Å²) in [5, 5.41) is 3.76. The van der Waals surface area contributed by atoms with Gasteiger partial charge in [0.05, 0.1) is 38.1 Å². The Morgan fingerprint density at radius 3 is 2.24 bits per heavy atom. The van der Waals surface area contributed by atoms with Gasteiger partial charge in [-0.1, -0.05) is 23.2 Å². The molecule has 0 spiro atoms. The lowest BCUT2D eigenvalue weighted by molar-refractivity contribution is -0.116. The molecule has 1 aliphatic heterocycles. The number of nitrogens with zero attached hydrogens (tertiary/aromatic N) is 2. The number of imide groups is 1. The Morgan fingerprint density at radius 2 is 1.76 bits per heavy atom. The minimum Gasteiger partial charge on any atom is -0.323 e. The van der Waals surface area contributed by atoms with Gasteiger partial charge in [0.1, 0.15) is 6.54 Å². The van der Waals surface area contributed by atoms with Crippen molar-refractivity contribution in [1.82, 2.24) is 9.88 Å². The van der Waals surface area contributed by atoms with Crippen LogP contribution in [-0.2, 0) is 4.79 Å². The molecule has 1 aliphatic rings. The highest BCUT2D eigenvalue weighted by molar-refractivity contribution is 7.98. The first kappa shape index (κ1) is 17.7. The van der Waals surface area contributed by atoms with Crippen LogP contribution in [0.15, 0.2) is 35.5 Å². The summed E-state index contributed by atoms with van der Waals surface area (Å²) in [6.07, 6.45) is 3.40. The lowest BCUT2D eigenvalue weighted by Gasteiger charge is -2.13. The van der Waals surface area contributed by atoms with E-state index in [2.05, 4.69) is 10.3 Å². The minimum absolute atomic E-state index is 0.137. The van der Waals surface area contributed by atoms with Crippen LogP contribution in [0.1, 0.15) is 20.7 Å². The van der Waals surface area contributed by atoms with Gasteiger partial charge in [-0.15, -0.1) is 11.8 Å². The van der Waals surface area contributed by atoms with E-state index in [-0.39, 0.29) is 21.2 Å². The standard InChI is InChI=1S/C16H11Cl2N3O3S/c1-25-14-3-2-8(6-19-14)20-13(22)7-21-15(23)9-4-11(17)12(18)5-10(9)16(21)24/h2-6H,7H2,1H3,(H,20,22). The molecule has 0 bridgehead atoms. The maximum Gasteiger partial charge on any atom is 0.262 e. The highest BCUT2D eigenvalue weighted by Crippen LogP contribution is 2.31. The molecule has 0 fully saturated rings. The molecule has 6 nitrogen and oxygen atoms in total. The maximum atomic E-state index is 12.4. The number of nitrogens with one attached hydrogen (secondary N) is 1. The van der Waals surface area contributed by atoms with Crippen molar-refractivity contribution >= 4 is 58.4 Å². The van der Waals surface area contributed by atoms with Crippen LogP contribution in [-0.4, -0.2) is 40.4 Å². The van der Waals surface area contributed by atoms with Crippen molar-refractivity contribution < 1.29 is 14.4 Å². The van der Waals surface area contributed by atoms with Crippen molar-refractivity contribution in [1.29, 1.82) is 0 Å². The Bertz CT molecular complexity index is 846. The molecule has 2 heterocycles. The first-order chi connectivity index (χ1) is 11.9. The van der Waals surface area contributed by atoms with Gasteiger partial charge >= 0.3 is 0 Å². The molecule has 1 aromatic carbocycles. The van der Waals surface area contributed by atoms with Crippen molar-refractivity contribution in [3.8, 4) is 0 Å². The third kappa shape index (κ3) is 3.49. The highest BCUT2D eigenvalue weighted by atomic mass is 35.5. The quantitative estimate of drug-likeness (QED) is 0.634. The Labute approximate surface area is 157 Å². The molecule has 128 valence electrons. The number of carbonyl (C=O) groups excluding carboxylic acids is 3. The summed E-state index contributed by atoms with van der Waals surface area (Å²) >= 11 is 13.3. The van der Waals surface area contributed by atoms with Crippen molar-refractivity contribution in [3.63, 3.8) is 0 Å². The van der Waals surface area contributed by atoms with E-state index in [1.54, 1.807) is 12.1 Å². The van der Waals surface area contributed by atoms with Gasteiger partial charge in [-0.25, -0.2) is 4.98 Å². The highest BCUT2D eigenvalue weighted by Gasteiger charge is 2.37. The summed E-state index contributed by atoms with van der Waals surface area (Å²) in [4.78, 5) is 41.9. The lowest BCUT2D eigenvalue weighted by Crippen LogP contribution is -2.37. The molecule has 25 heavy (non-hydrogen) atoms. The molecule has 0 aliphatic carbocycles. The predicted octanol–water partition coefficient (Wildman–Crippen LogP) is 3.35. The monoisotopic (exact) mass is 395 g/mol. The third-order valence-electron chi connectivity index (χ3n) is 3.54. The van der Waals surface area contributed by atoms with Crippen LogP contribution in [0.5, 0.6) is 0 Å². The molecule has 0 unspecified atom stereocenters. The fourth-order valence-corrected chi connectivity index (χ4v) is 3.04. The van der Waals surface area contributed by atoms with Crippen molar-refractivity contribution in [2.24, 2.45) is 0 Å². The van der Waals surface area contributed by atoms with E-state index in [1.807, 2.05) is 6.26 Å². The first-order valence-corrected chi connectivity index (χ1v) is 9.04. The van der Waals surface area contributed by atoms with Crippen LogP contribution < -0.4 is 5.32 Å². The zero-order chi connectivity index (χ0) is 18.1. The number of fused-ring (bicyclic) bond motifs is 1. The Balaban J connectivity index is 1.73. The first-order valence-electron chi connectivity index (χ1n) is 7.06. The van der Waals surface area contributed by atoms with Gasteiger partial charge in [-0.2, -0.15) is 0 Å². The van der Waals surface area contributed by atoms with E-state index in [1.165, 1.54) is 30.1 Å². The van der Waals surface area contributed by atoms with E-state index in [9.17, 15) is 14.4 Å². The van der Waals surface area contributed by atoms with Gasteiger partial charge in [-0.3, -0.25) is 19.3 Å². The summed E-state index contributed by atoms with van der Waals surface area (Å²) in [7, 11) is 0. The predicted molar refractivity (Wildman–Crippen MR) is 96.5 cm³/mol. The second kappa shape index (κ2) is 7.03. The Kier molecular flexibility index (Phi) is 4.99. The summed E-state index contributed by atoms with van der Waals surface area (Å²) in [6, 6.07) is 6.12. The SMILES string of the molecule is CSc1ccc(NC(=O)CN2C(=O)c3cc(Cl)c(Cl)cc3C2=O)cn1. The molecule has 2 aromatic rings. The number of benzene rings is 1. The third-order valence-corrected chi connectivity index (χ3v) is 4.92. The number of thioether (sulfide) groups is 1. The van der Waals surface area contributed by atoms with E-state index >= 15 is 0 Å². The number of hydrogen-bond acceptors (Lipinski definition) is 5. The van der Waals surface area contributed by atoms with Crippen molar-refractivity contribution in [2.75, 3.05) is 18.1 Å². The number of halogens is 2. The molecule has 3 rings (SSSR count). The van der Waals surface area contributed by atoms with Gasteiger partial charge in [0.15, 0.2) is 0 Å². The van der Waals surface area contributed by atoms with E-state index < -0.39 is 24.3 Å². The van der Waals surface area contributed by atoms with Crippen LogP contribution in [0.3, 0.4) is 0 Å². The van der Waals surface area contributed by atoms with E-state index in [0.29, 0.717) is 5.69 Å². The molecule has 0 saturated carbocycles. The van der Waals surface area contributed by atoms with Crippen LogP contribution in [0, 0.1) is 0 Å². The number of pyridine rings is 1. The van der Waals surface area contributed by atoms with E-state index in [4.69, 9.17) is 23.2 Å². The molecular formula is C16H11Cl2N3O3S. The summed E-state index contributed by atoms with van der Waals surface area (Å²) < 4.78 is 0. The average Bonchev–Trinajstić information content (AvgIpc) is 2.81. The molecule has 1 aromatic heterocycles. The van der Waals surface area contributed by atoms with Crippen molar-refractivity contribution in [2.45, 2.75) is 5.03 Å². The van der Waals surface area contributed by atoms with Gasteiger partial charge in [0.2, 0.25) is 5.91 Å². The summed E-state index contributed by atoms with van der Waals surface area (Å²) in [5.41, 5.74) is 0.752. The van der Waals surface area contributed by atoms with Crippen LogP contribution in [0.4, 0.5) is 5.69 Å². The van der Waals surface area contributed by atoms with E-state index in [0.717, 1.165) is 9.93 Å². The van der Waals surface area contributed by atoms with Gasteiger partial charge in [0, 0.05) is 0 Å². The Hall–Kier alpha value is -2.09. The maximum absolute atomic E-state index is 12.4. The molecule has 3 amide bonds. The molecule has 1 N–H and O–H groups in total. The molecule has 0 atom stereocenters. The Morgan fingerprint density at radius 1 is 1.16 bits per heavy atom. The van der Waals surface area contributed by atoms with Gasteiger partial charge in [-0.05, 0) is 30.5 Å². The van der Waals surface area contributed by atoms with Gasteiger partial charge in [0.25, 0.3) is 11.8 Å². The molecular weight excluding hydrogens is 385 g/mol. The second-order valence-corrected chi connectivity index (χ2v) is 6.79. The summed E-state index contributed by atoms with van der Waals surface area (Å²) in [6.45, 7) is -0.411. The zero-order valence-corrected chi connectivity index (χ0v) is 15.2. The zero-order valence-electron chi connectivity index (χ0n) is 12.9. The largest absolute Gasteiger partial charge is 0.323 e. The second-order valence-electron chi connectivity index (χ2n) is 5.15. The smallest absolute Gasteiger partial charge is 0.262 e. The fourth-order valence-electron chi connectivity index (χ4n) is 2.35. The number of carbonyl (C=O) groups is 3. The summed E-state index contributed by atoms with van der Waals surface area (Å²) in [5.74, 6) is -1.67.